The van der Waals surface area contributed by atoms with E-state index < -0.39 is 0 Å². The van der Waals surface area contributed by atoms with Crippen molar-refractivity contribution in [3.8, 4) is 0 Å². The normalized spacial score (nSPS) is 24.6. The van der Waals surface area contributed by atoms with E-state index >= 15 is 0 Å². The van der Waals surface area contributed by atoms with E-state index in [0.717, 1.165) is 25.9 Å². The smallest absolute Gasteiger partial charge is 0.219 e. The molecule has 0 aromatic heterocycles. The first kappa shape index (κ1) is 9.52. The van der Waals surface area contributed by atoms with E-state index in [-0.39, 0.29) is 5.91 Å². The highest BCUT2D eigenvalue weighted by atomic mass is 16.1. The Labute approximate surface area is 73.9 Å². The minimum absolute atomic E-state index is 0.182. The number of hydrogen-bond donors (Lipinski definition) is 2. The van der Waals surface area contributed by atoms with Gasteiger partial charge in [0.05, 0.1) is 0 Å². The first-order chi connectivity index (χ1) is 5.83. The fourth-order valence-corrected chi connectivity index (χ4v) is 1.49. The van der Waals surface area contributed by atoms with Gasteiger partial charge in [0, 0.05) is 12.5 Å². The molecule has 3 nitrogen and oxygen atoms in total. The third kappa shape index (κ3) is 3.22. The predicted molar refractivity (Wildman–Crippen MR) is 48.9 cm³/mol. The summed E-state index contributed by atoms with van der Waals surface area (Å²) >= 11 is 0. The maximum atomic E-state index is 11.1. The van der Waals surface area contributed by atoms with Crippen molar-refractivity contribution in [3.05, 3.63) is 0 Å². The molecule has 1 aliphatic heterocycles. The van der Waals surface area contributed by atoms with Gasteiger partial charge >= 0.3 is 0 Å². The lowest BCUT2D eigenvalue weighted by molar-refractivity contribution is -0.121. The van der Waals surface area contributed by atoms with E-state index in [1.807, 2.05) is 6.92 Å². The number of carbonyl (C=O) groups excluding carboxylic acids is 1. The van der Waals surface area contributed by atoms with Crippen LogP contribution < -0.4 is 10.6 Å². The van der Waals surface area contributed by atoms with Crippen molar-refractivity contribution in [2.24, 2.45) is 0 Å². The number of nitrogens with one attached hydrogen (secondary N) is 2. The molecular weight excluding hydrogens is 152 g/mol. The van der Waals surface area contributed by atoms with E-state index in [0.29, 0.717) is 12.5 Å². The van der Waals surface area contributed by atoms with Crippen LogP contribution >= 0.6 is 0 Å². The molecule has 2 N–H and O–H groups in total. The van der Waals surface area contributed by atoms with Crippen molar-refractivity contribution in [1.82, 2.24) is 10.6 Å². The van der Waals surface area contributed by atoms with E-state index in [1.165, 1.54) is 6.42 Å². The van der Waals surface area contributed by atoms with Gasteiger partial charge in [0.25, 0.3) is 0 Å². The molecule has 0 radical (unpaired) electrons. The second-order valence-corrected chi connectivity index (χ2v) is 3.30. The molecule has 12 heavy (non-hydrogen) atoms. The summed E-state index contributed by atoms with van der Waals surface area (Å²) in [6.45, 7) is 4.03. The topological polar surface area (TPSA) is 41.1 Å². The van der Waals surface area contributed by atoms with Crippen molar-refractivity contribution >= 4 is 5.91 Å². The van der Waals surface area contributed by atoms with Crippen molar-refractivity contribution in [2.75, 3.05) is 13.1 Å². The fraction of sp³-hybridized carbons (Fsp3) is 0.889. The Bertz CT molecular complexity index is 139. The highest BCUT2D eigenvalue weighted by Gasteiger charge is 2.12. The third-order valence-corrected chi connectivity index (χ3v) is 2.26. The van der Waals surface area contributed by atoms with Gasteiger partial charge in [-0.05, 0) is 32.4 Å². The fourth-order valence-electron chi connectivity index (χ4n) is 1.49. The van der Waals surface area contributed by atoms with Crippen LogP contribution in [0, 0.1) is 0 Å². The first-order valence-corrected chi connectivity index (χ1v) is 4.83. The summed E-state index contributed by atoms with van der Waals surface area (Å²) < 4.78 is 0. The summed E-state index contributed by atoms with van der Waals surface area (Å²) in [6.07, 6.45) is 3.98. The molecule has 1 amide bonds. The summed E-state index contributed by atoms with van der Waals surface area (Å²) in [7, 11) is 0. The van der Waals surface area contributed by atoms with Crippen LogP contribution in [0.4, 0.5) is 0 Å². The molecule has 3 heteroatoms. The summed E-state index contributed by atoms with van der Waals surface area (Å²) in [5, 5.41) is 6.35. The summed E-state index contributed by atoms with van der Waals surface area (Å²) in [5.41, 5.74) is 0. The van der Waals surface area contributed by atoms with Gasteiger partial charge in [0.1, 0.15) is 0 Å². The second-order valence-electron chi connectivity index (χ2n) is 3.30. The minimum atomic E-state index is 0.182. The van der Waals surface area contributed by atoms with Crippen molar-refractivity contribution in [3.63, 3.8) is 0 Å². The minimum Gasteiger partial charge on any atom is -0.353 e. The highest BCUT2D eigenvalue weighted by Crippen LogP contribution is 2.04. The molecule has 1 saturated heterocycles. The standard InChI is InChI=1S/C9H18N2O/c1-2-9(12)11-8-4-3-6-10-7-5-8/h8,10H,2-7H2,1H3,(H,11,12). The Morgan fingerprint density at radius 3 is 3.08 bits per heavy atom. The van der Waals surface area contributed by atoms with Crippen LogP contribution in [-0.2, 0) is 4.79 Å². The molecule has 1 aliphatic rings. The van der Waals surface area contributed by atoms with Gasteiger partial charge in [0.2, 0.25) is 5.91 Å². The molecule has 0 aromatic rings. The van der Waals surface area contributed by atoms with Gasteiger partial charge < -0.3 is 10.6 Å². The van der Waals surface area contributed by atoms with E-state index in [2.05, 4.69) is 10.6 Å². The average molecular weight is 170 g/mol. The number of carbonyl (C=O) groups is 1. The highest BCUT2D eigenvalue weighted by molar-refractivity contribution is 5.75. The van der Waals surface area contributed by atoms with Crippen LogP contribution in [0.25, 0.3) is 0 Å². The molecular formula is C9H18N2O. The second kappa shape index (κ2) is 5.14. The Hall–Kier alpha value is -0.570. The lowest BCUT2D eigenvalue weighted by Gasteiger charge is -2.14. The SMILES string of the molecule is CCC(=O)NC1CCCNCC1. The van der Waals surface area contributed by atoms with Gasteiger partial charge in [-0.3, -0.25) is 4.79 Å². The Kier molecular flexibility index (Phi) is 4.08. The van der Waals surface area contributed by atoms with Crippen molar-refractivity contribution < 1.29 is 4.79 Å². The lowest BCUT2D eigenvalue weighted by Crippen LogP contribution is -2.34. The predicted octanol–water partition coefficient (Wildman–Crippen LogP) is 0.655. The quantitative estimate of drug-likeness (QED) is 0.639. The van der Waals surface area contributed by atoms with Crippen LogP contribution in [0.5, 0.6) is 0 Å². The Balaban J connectivity index is 2.24. The van der Waals surface area contributed by atoms with Crippen molar-refractivity contribution in [2.45, 2.75) is 38.6 Å². The molecule has 1 atom stereocenters. The Morgan fingerprint density at radius 2 is 2.33 bits per heavy atom. The van der Waals surface area contributed by atoms with Crippen LogP contribution in [0.15, 0.2) is 0 Å². The van der Waals surface area contributed by atoms with Crippen LogP contribution in [-0.4, -0.2) is 25.0 Å². The zero-order chi connectivity index (χ0) is 8.81. The van der Waals surface area contributed by atoms with Crippen molar-refractivity contribution in [1.29, 1.82) is 0 Å². The zero-order valence-electron chi connectivity index (χ0n) is 7.73. The lowest BCUT2D eigenvalue weighted by atomic mass is 10.1. The molecule has 0 spiro atoms. The first-order valence-electron chi connectivity index (χ1n) is 4.83. The van der Waals surface area contributed by atoms with E-state index in [1.54, 1.807) is 0 Å². The number of rotatable bonds is 2. The zero-order valence-corrected chi connectivity index (χ0v) is 7.73. The maximum absolute atomic E-state index is 11.1. The van der Waals surface area contributed by atoms with Crippen LogP contribution in [0.1, 0.15) is 32.6 Å². The van der Waals surface area contributed by atoms with Crippen LogP contribution in [0.3, 0.4) is 0 Å². The van der Waals surface area contributed by atoms with Gasteiger partial charge in [-0.25, -0.2) is 0 Å². The number of amides is 1. The molecule has 0 bridgehead atoms. The molecule has 0 saturated carbocycles. The van der Waals surface area contributed by atoms with Gasteiger partial charge in [0.15, 0.2) is 0 Å². The van der Waals surface area contributed by atoms with Gasteiger partial charge in [-0.1, -0.05) is 6.92 Å². The molecule has 1 fully saturated rings. The average Bonchev–Trinajstić information content (AvgIpc) is 2.33. The molecule has 0 aliphatic carbocycles. The maximum Gasteiger partial charge on any atom is 0.219 e. The molecule has 0 aromatic carbocycles. The van der Waals surface area contributed by atoms with Gasteiger partial charge in [-0.2, -0.15) is 0 Å². The monoisotopic (exact) mass is 170 g/mol. The summed E-state index contributed by atoms with van der Waals surface area (Å²) in [6, 6.07) is 0.410. The molecule has 1 unspecified atom stereocenters. The van der Waals surface area contributed by atoms with Crippen LogP contribution in [0.2, 0.25) is 0 Å². The largest absolute Gasteiger partial charge is 0.353 e. The van der Waals surface area contributed by atoms with Gasteiger partial charge in [-0.15, -0.1) is 0 Å². The molecule has 70 valence electrons. The number of hydrogen-bond acceptors (Lipinski definition) is 2. The van der Waals surface area contributed by atoms with E-state index in [4.69, 9.17) is 0 Å². The third-order valence-electron chi connectivity index (χ3n) is 2.26. The molecule has 1 rings (SSSR count). The summed E-state index contributed by atoms with van der Waals surface area (Å²) in [5.74, 6) is 0.182. The Morgan fingerprint density at radius 1 is 1.50 bits per heavy atom. The van der Waals surface area contributed by atoms with E-state index in [9.17, 15) is 4.79 Å². The summed E-state index contributed by atoms with van der Waals surface area (Å²) in [4.78, 5) is 11.1. The molecule has 1 heterocycles.